The van der Waals surface area contributed by atoms with Gasteiger partial charge in [0.15, 0.2) is 5.82 Å². The highest BCUT2D eigenvalue weighted by Crippen LogP contribution is 2.26. The van der Waals surface area contributed by atoms with Crippen molar-refractivity contribution in [3.8, 4) is 5.82 Å². The molecule has 0 saturated heterocycles. The van der Waals surface area contributed by atoms with Crippen molar-refractivity contribution in [1.29, 1.82) is 0 Å². The number of benzene rings is 1. The largest absolute Gasteiger partial charge is 0.358 e. The van der Waals surface area contributed by atoms with Gasteiger partial charge in [0.05, 0.1) is 23.0 Å². The van der Waals surface area contributed by atoms with Crippen LogP contribution in [0.4, 0.5) is 0 Å². The minimum Gasteiger partial charge on any atom is -0.358 e. The van der Waals surface area contributed by atoms with Crippen LogP contribution < -0.4 is 5.32 Å². The van der Waals surface area contributed by atoms with Gasteiger partial charge in [0.25, 0.3) is 5.91 Å². The number of carbonyl (C=O) groups is 1. The Morgan fingerprint density at radius 2 is 2.03 bits per heavy atom. The van der Waals surface area contributed by atoms with Crippen molar-refractivity contribution in [3.05, 3.63) is 76.4 Å². The van der Waals surface area contributed by atoms with E-state index in [-0.39, 0.29) is 5.91 Å². The van der Waals surface area contributed by atoms with Gasteiger partial charge in [-0.1, -0.05) is 24.6 Å². The van der Waals surface area contributed by atoms with Crippen LogP contribution in [-0.4, -0.2) is 25.7 Å². The zero-order chi connectivity index (χ0) is 20.5. The Hall–Kier alpha value is -3.41. The third-order valence-electron chi connectivity index (χ3n) is 5.40. The van der Waals surface area contributed by atoms with E-state index >= 15 is 0 Å². The third-order valence-corrected chi connectivity index (χ3v) is 5.40. The van der Waals surface area contributed by atoms with Crippen molar-refractivity contribution in [2.24, 2.45) is 0 Å². The second kappa shape index (κ2) is 7.54. The molecule has 3 heterocycles. The molecule has 0 radical (unpaired) electrons. The second-order valence-corrected chi connectivity index (χ2v) is 7.36. The zero-order valence-electron chi connectivity index (χ0n) is 17.2. The summed E-state index contributed by atoms with van der Waals surface area (Å²) in [6.07, 6.45) is 4.03. The van der Waals surface area contributed by atoms with Gasteiger partial charge in [-0.2, -0.15) is 5.10 Å². The van der Waals surface area contributed by atoms with Gasteiger partial charge in [0.1, 0.15) is 0 Å². The molecule has 6 nitrogen and oxygen atoms in total. The third kappa shape index (κ3) is 3.42. The number of carbonyl (C=O) groups excluding carboxylic acids is 1. The van der Waals surface area contributed by atoms with Crippen LogP contribution in [0.2, 0.25) is 0 Å². The number of H-pyrrole nitrogens is 1. The van der Waals surface area contributed by atoms with E-state index < -0.39 is 0 Å². The molecule has 0 spiro atoms. The fraction of sp³-hybridized carbons (Fsp3) is 0.261. The molecule has 4 rings (SSSR count). The number of hydrogen-bond donors (Lipinski definition) is 2. The summed E-state index contributed by atoms with van der Waals surface area (Å²) < 4.78 is 1.73. The van der Waals surface area contributed by atoms with Crippen LogP contribution in [0.5, 0.6) is 0 Å². The number of nitrogens with one attached hydrogen (secondary N) is 2. The predicted molar refractivity (Wildman–Crippen MR) is 114 cm³/mol. The van der Waals surface area contributed by atoms with E-state index in [1.165, 1.54) is 16.5 Å². The molecular weight excluding hydrogens is 362 g/mol. The quantitative estimate of drug-likeness (QED) is 0.540. The van der Waals surface area contributed by atoms with Crippen molar-refractivity contribution in [2.75, 3.05) is 0 Å². The maximum absolute atomic E-state index is 12.9. The normalized spacial score (nSPS) is 11.2. The number of pyridine rings is 1. The first kappa shape index (κ1) is 18.9. The number of hydrogen-bond acceptors (Lipinski definition) is 3. The highest BCUT2D eigenvalue weighted by molar-refractivity contribution is 5.95. The van der Waals surface area contributed by atoms with E-state index in [4.69, 9.17) is 0 Å². The van der Waals surface area contributed by atoms with E-state index in [1.54, 1.807) is 17.1 Å². The van der Waals surface area contributed by atoms with Gasteiger partial charge in [0, 0.05) is 23.8 Å². The smallest absolute Gasteiger partial charge is 0.255 e. The summed E-state index contributed by atoms with van der Waals surface area (Å²) in [5.41, 5.74) is 7.19. The maximum atomic E-state index is 12.9. The fourth-order valence-corrected chi connectivity index (χ4v) is 3.78. The second-order valence-electron chi connectivity index (χ2n) is 7.36. The zero-order valence-corrected chi connectivity index (χ0v) is 17.2. The predicted octanol–water partition coefficient (Wildman–Crippen LogP) is 4.17. The molecule has 29 heavy (non-hydrogen) atoms. The van der Waals surface area contributed by atoms with Crippen molar-refractivity contribution in [1.82, 2.24) is 25.1 Å². The molecule has 2 N–H and O–H groups in total. The number of amides is 1. The molecule has 6 heteroatoms. The van der Waals surface area contributed by atoms with Crippen LogP contribution in [-0.2, 0) is 13.0 Å². The van der Waals surface area contributed by atoms with Crippen LogP contribution in [0.15, 0.2) is 42.7 Å². The van der Waals surface area contributed by atoms with Crippen molar-refractivity contribution in [3.63, 3.8) is 0 Å². The van der Waals surface area contributed by atoms with Gasteiger partial charge >= 0.3 is 0 Å². The van der Waals surface area contributed by atoms with Gasteiger partial charge < -0.3 is 10.3 Å². The number of aryl methyl sites for hydroxylation is 3. The van der Waals surface area contributed by atoms with Crippen LogP contribution in [0.1, 0.15) is 45.4 Å². The van der Waals surface area contributed by atoms with Gasteiger partial charge in [-0.3, -0.25) is 4.79 Å². The molecule has 0 bridgehead atoms. The van der Waals surface area contributed by atoms with E-state index in [0.717, 1.165) is 22.5 Å². The van der Waals surface area contributed by atoms with Crippen LogP contribution in [0.25, 0.3) is 16.7 Å². The molecule has 0 atom stereocenters. The molecule has 1 amide bonds. The lowest BCUT2D eigenvalue weighted by Crippen LogP contribution is -2.24. The van der Waals surface area contributed by atoms with E-state index in [2.05, 4.69) is 53.3 Å². The van der Waals surface area contributed by atoms with Crippen molar-refractivity contribution < 1.29 is 4.79 Å². The molecule has 0 saturated carbocycles. The minimum atomic E-state index is -0.126. The maximum Gasteiger partial charge on any atom is 0.255 e. The summed E-state index contributed by atoms with van der Waals surface area (Å²) in [5.74, 6) is 0.583. The molecule has 1 aromatic carbocycles. The first-order chi connectivity index (χ1) is 14.0. The monoisotopic (exact) mass is 387 g/mol. The van der Waals surface area contributed by atoms with Crippen LogP contribution in [0, 0.1) is 20.8 Å². The lowest BCUT2D eigenvalue weighted by atomic mass is 10.0. The van der Waals surface area contributed by atoms with Gasteiger partial charge in [-0.05, 0) is 56.5 Å². The molecule has 0 aliphatic heterocycles. The van der Waals surface area contributed by atoms with Gasteiger partial charge in [-0.25, -0.2) is 9.67 Å². The average molecular weight is 387 g/mol. The summed E-state index contributed by atoms with van der Waals surface area (Å²) in [4.78, 5) is 20.7. The summed E-state index contributed by atoms with van der Waals surface area (Å²) >= 11 is 0. The molecule has 0 aliphatic rings. The van der Waals surface area contributed by atoms with Crippen LogP contribution in [0.3, 0.4) is 0 Å². The average Bonchev–Trinajstić information content (AvgIpc) is 3.28. The Morgan fingerprint density at radius 1 is 1.21 bits per heavy atom. The summed E-state index contributed by atoms with van der Waals surface area (Å²) in [5, 5.41) is 8.68. The molecule has 4 aromatic rings. The molecule has 0 fully saturated rings. The van der Waals surface area contributed by atoms with E-state index in [9.17, 15) is 4.79 Å². The Kier molecular flexibility index (Phi) is 4.92. The van der Waals surface area contributed by atoms with Crippen molar-refractivity contribution >= 4 is 16.8 Å². The van der Waals surface area contributed by atoms with E-state index in [0.29, 0.717) is 24.3 Å². The standard InChI is InChI=1S/C23H25N5O/c1-5-20-19(13-26-28(20)21-8-6-7-9-24-21)23(29)25-12-17-10-14(2)11-18-15(3)16(4)27-22(17)18/h6-11,13,27H,5,12H2,1-4H3,(H,25,29). The first-order valence-corrected chi connectivity index (χ1v) is 9.84. The highest BCUT2D eigenvalue weighted by Gasteiger charge is 2.18. The number of aromatic amines is 1. The fourth-order valence-electron chi connectivity index (χ4n) is 3.78. The number of rotatable bonds is 5. The van der Waals surface area contributed by atoms with Gasteiger partial charge in [-0.15, -0.1) is 0 Å². The lowest BCUT2D eigenvalue weighted by molar-refractivity contribution is 0.0950. The topological polar surface area (TPSA) is 75.6 Å². The number of nitrogens with zero attached hydrogens (tertiary/aromatic N) is 3. The highest BCUT2D eigenvalue weighted by atomic mass is 16.1. The lowest BCUT2D eigenvalue weighted by Gasteiger charge is -2.09. The SMILES string of the molecule is CCc1c(C(=O)NCc2cc(C)cc3c(C)c(C)[nH]c23)cnn1-c1ccccn1. The number of aromatic nitrogens is 4. The summed E-state index contributed by atoms with van der Waals surface area (Å²) in [6.45, 7) is 8.75. The van der Waals surface area contributed by atoms with E-state index in [1.807, 2.05) is 25.1 Å². The molecule has 3 aromatic heterocycles. The minimum absolute atomic E-state index is 0.126. The molecular formula is C23H25N5O. The Labute approximate surface area is 170 Å². The molecule has 0 unspecified atom stereocenters. The van der Waals surface area contributed by atoms with Crippen molar-refractivity contribution in [2.45, 2.75) is 40.7 Å². The summed E-state index contributed by atoms with van der Waals surface area (Å²) in [6, 6.07) is 9.96. The van der Waals surface area contributed by atoms with Crippen LogP contribution >= 0.6 is 0 Å². The Bertz CT molecular complexity index is 1190. The number of fused-ring (bicyclic) bond motifs is 1. The van der Waals surface area contributed by atoms with Gasteiger partial charge in [0.2, 0.25) is 0 Å². The first-order valence-electron chi connectivity index (χ1n) is 9.84. The Morgan fingerprint density at radius 3 is 2.76 bits per heavy atom. The summed E-state index contributed by atoms with van der Waals surface area (Å²) in [7, 11) is 0. The molecule has 148 valence electrons. The molecule has 0 aliphatic carbocycles. The Balaban J connectivity index is 1.61.